The van der Waals surface area contributed by atoms with Crippen molar-refractivity contribution < 1.29 is 4.40 Å². The van der Waals surface area contributed by atoms with Crippen LogP contribution in [0.3, 0.4) is 0 Å². The number of nitrogens with zero attached hydrogens (tertiary/aromatic N) is 16. The summed E-state index contributed by atoms with van der Waals surface area (Å²) in [6, 6.07) is 172. The standard InChI is InChI=1S/C60H42N4.C39H27N3.C33H21N9.2H2/c1-5-17-45(18-6-1)61(51-37-39-59-55(41-51)53-25-13-15-27-57(53)63(59)47-21-9-3-10-22-47)49-33-29-43(30-34-49)44-31-35-50(36-32-44)62(46-19-7-2-8-20-46)52-38-40-60-56(42-52)54-26-14-16-28-58(54)64(60)48-23-11-4-12-24-48;1-4-13-28(14-5-1)31-19-10-22-34(25-31)37-40-38(35-23-11-20-32(26-35)29-15-6-2-7-16-29)42-39(41-37)36-24-12-21-33(27-36)30-17-8-3-9-18-30;1-4-22(28-13-34-19-35-14-28)10-25(7-1)31-40-32(26-8-2-5-23(11-26)29-15-36-20-37-16-29)42-33(41-31)27-9-3-6-24(12-27)30-17-38-21-39-18-30;;/h1-42H;1-27H;1-21H;2*1H/i;;;1+2T;1+2. The summed E-state index contributed by atoms with van der Waals surface area (Å²) in [6.07, 6.45) is 15.3. The Bertz CT molecular complexity index is 8180. The van der Waals surface area contributed by atoms with E-state index < -0.39 is 0 Å². The van der Waals surface area contributed by atoms with Crippen LogP contribution in [0.5, 0.6) is 0 Å². The van der Waals surface area contributed by atoms with E-state index in [0.29, 0.717) is 34.9 Å². The molecule has 0 N–H and O–H groups in total. The fraction of sp³-hybridized carbons (Fsp3) is 0. The van der Waals surface area contributed by atoms with Crippen LogP contribution in [0.2, 0.25) is 0 Å². The number of anilines is 6. The molecule has 0 amide bonds. The highest BCUT2D eigenvalue weighted by atomic mass is 15.2. The molecule has 16 heteroatoms. The summed E-state index contributed by atoms with van der Waals surface area (Å²) < 4.78 is 14.7. The second kappa shape index (κ2) is 41.4. The molecule has 7 heterocycles. The van der Waals surface area contributed by atoms with E-state index in [4.69, 9.17) is 32.9 Å². The minimum Gasteiger partial charge on any atom is -0.310 e. The Morgan fingerprint density at radius 2 is 0.351 bits per heavy atom. The van der Waals surface area contributed by atoms with Gasteiger partial charge in [0.2, 0.25) is 0 Å². The van der Waals surface area contributed by atoms with Gasteiger partial charge in [0.25, 0.3) is 0 Å². The zero-order chi connectivity index (χ0) is 101. The van der Waals surface area contributed by atoms with Crippen molar-refractivity contribution in [2.24, 2.45) is 0 Å². The lowest BCUT2D eigenvalue weighted by Crippen LogP contribution is -2.10. The molecule has 16 nitrogen and oxygen atoms in total. The summed E-state index contributed by atoms with van der Waals surface area (Å²) in [4.78, 5) is 59.6. The lowest BCUT2D eigenvalue weighted by Gasteiger charge is -2.26. The predicted octanol–water partition coefficient (Wildman–Crippen LogP) is 33.1. The maximum absolute atomic E-state index is 5.03. The first-order valence-electron chi connectivity index (χ1n) is 50.0. The van der Waals surface area contributed by atoms with Crippen molar-refractivity contribution in [3.05, 3.63) is 548 Å². The highest BCUT2D eigenvalue weighted by molar-refractivity contribution is 6.12. The first kappa shape index (κ1) is 89.0. The summed E-state index contributed by atoms with van der Waals surface area (Å²) in [5.41, 5.74) is 33.8. The van der Waals surface area contributed by atoms with Gasteiger partial charge < -0.3 is 18.9 Å². The van der Waals surface area contributed by atoms with Crippen LogP contribution in [-0.2, 0) is 0 Å². The largest absolute Gasteiger partial charge is 0.310 e. The minimum absolute atomic E-state index is 0. The Morgan fingerprint density at radius 3 is 0.628 bits per heavy atom. The highest BCUT2D eigenvalue weighted by Gasteiger charge is 2.24. The maximum atomic E-state index is 5.03. The van der Waals surface area contributed by atoms with Crippen molar-refractivity contribution in [1.29, 1.82) is 0 Å². The molecule has 0 bridgehead atoms. The van der Waals surface area contributed by atoms with Gasteiger partial charge in [-0.15, -0.1) is 0 Å². The van der Waals surface area contributed by atoms with Gasteiger partial charge in [0.05, 0.1) is 22.1 Å². The van der Waals surface area contributed by atoms with Gasteiger partial charge in [0.15, 0.2) is 34.9 Å². The first-order chi connectivity index (χ1) is 74.4. The molecule has 148 heavy (non-hydrogen) atoms. The molecule has 0 radical (unpaired) electrons. The molecule has 702 valence electrons. The molecule has 0 aliphatic carbocycles. The van der Waals surface area contributed by atoms with Gasteiger partial charge in [-0.1, -0.05) is 334 Å². The van der Waals surface area contributed by atoms with Crippen LogP contribution < -0.4 is 9.80 Å². The van der Waals surface area contributed by atoms with E-state index >= 15 is 0 Å². The Labute approximate surface area is 860 Å². The summed E-state index contributed by atoms with van der Waals surface area (Å²) in [6.45, 7) is 0. The van der Waals surface area contributed by atoms with Crippen molar-refractivity contribution in [1.82, 2.24) is 68.9 Å². The average molecular weight is 1910 g/mol. The van der Waals surface area contributed by atoms with Gasteiger partial charge in [-0.25, -0.2) is 59.8 Å². The van der Waals surface area contributed by atoms with E-state index in [1.165, 1.54) is 62.6 Å². The van der Waals surface area contributed by atoms with Crippen LogP contribution in [-0.4, -0.2) is 68.9 Å². The van der Waals surface area contributed by atoms with Crippen LogP contribution in [0.15, 0.2) is 548 Å². The molecule has 26 rings (SSSR count). The van der Waals surface area contributed by atoms with Crippen LogP contribution in [0.4, 0.5) is 34.1 Å². The van der Waals surface area contributed by atoms with E-state index in [2.05, 4.69) is 449 Å². The van der Waals surface area contributed by atoms with Crippen LogP contribution in [0.1, 0.15) is 4.40 Å². The lowest BCUT2D eigenvalue weighted by atomic mass is 10.0. The number of para-hydroxylation sites is 6. The second-order valence-corrected chi connectivity index (χ2v) is 35.8. The third-order valence-electron chi connectivity index (χ3n) is 26.5. The number of rotatable bonds is 21. The summed E-state index contributed by atoms with van der Waals surface area (Å²) in [7, 11) is 0. The number of benzene rings is 19. The third kappa shape index (κ3) is 19.1. The molecule has 0 saturated heterocycles. The van der Waals surface area contributed by atoms with Crippen molar-refractivity contribution >= 4 is 77.7 Å². The molecule has 0 atom stereocenters. The van der Waals surface area contributed by atoms with Gasteiger partial charge in [-0.3, -0.25) is 0 Å². The number of hydrogen-bond donors (Lipinski definition) is 0. The predicted molar refractivity (Wildman–Crippen MR) is 606 cm³/mol. The Hall–Kier alpha value is -20.4. The summed E-state index contributed by atoms with van der Waals surface area (Å²) >= 11 is 0. The molecule has 0 aliphatic heterocycles. The Morgan fingerprint density at radius 1 is 0.149 bits per heavy atom. The maximum Gasteiger partial charge on any atom is 0.164 e. The van der Waals surface area contributed by atoms with Gasteiger partial charge in [0, 0.05) is 159 Å². The molecule has 7 aromatic heterocycles. The van der Waals surface area contributed by atoms with Crippen LogP contribution in [0.25, 0.3) is 201 Å². The third-order valence-corrected chi connectivity index (χ3v) is 26.5. The molecular weight excluding hydrogens is 1810 g/mol. The normalized spacial score (nSPS) is 11.2. The highest BCUT2D eigenvalue weighted by Crippen LogP contribution is 2.45. The fourth-order valence-corrected chi connectivity index (χ4v) is 19.4. The van der Waals surface area contributed by atoms with Crippen molar-refractivity contribution in [3.8, 4) is 158 Å². The van der Waals surface area contributed by atoms with E-state index in [0.717, 1.165) is 157 Å². The van der Waals surface area contributed by atoms with E-state index in [1.807, 2.05) is 91.0 Å². The molecule has 0 unspecified atom stereocenters. The Kier molecular flexibility index (Phi) is 24.9. The molecule has 19 aromatic carbocycles. The minimum atomic E-state index is 0. The molecule has 26 aromatic rings. The SMILES string of the molecule is [3HH].[3H][3H].c1cc(-c2cncnc2)cc(-c2nc(-c3cccc(-c4cncnc4)c3)nc(-c3cccc(-c4cncnc4)c3)n2)c1.c1ccc(-c2cccc(-c3nc(-c4cccc(-c5ccccc5)c4)nc(-c4cccc(-c5ccccc5)c4)n3)c2)cc1.c1ccc(N(c2ccc(-c3ccc(N(c4ccccc4)c4ccc5c(c4)c4ccccc4n5-c4ccccc4)cc3)cc2)c2ccc3c(c2)c2ccccc2n3-c2ccccc2)cc1. The number of aromatic nitrogens is 14. The fourth-order valence-electron chi connectivity index (χ4n) is 19.4. The van der Waals surface area contributed by atoms with Gasteiger partial charge in [-0.2, -0.15) is 0 Å². The van der Waals surface area contributed by atoms with Crippen molar-refractivity contribution in [2.75, 3.05) is 9.80 Å². The van der Waals surface area contributed by atoms with Gasteiger partial charge >= 0.3 is 0 Å². The molecule has 0 saturated carbocycles. The summed E-state index contributed by atoms with van der Waals surface area (Å²) in [5, 5.41) is 4.91. The van der Waals surface area contributed by atoms with E-state index in [1.54, 1.807) is 37.2 Å². The Balaban J connectivity index is 0.000000131. The van der Waals surface area contributed by atoms with Gasteiger partial charge in [0.1, 0.15) is 19.0 Å². The van der Waals surface area contributed by atoms with Crippen LogP contribution in [0, 0.1) is 0 Å². The van der Waals surface area contributed by atoms with Crippen LogP contribution >= 0.6 is 0 Å². The average Bonchev–Trinajstić information content (AvgIpc) is 1.59. The quantitative estimate of drug-likeness (QED) is 0.0665. The van der Waals surface area contributed by atoms with Crippen molar-refractivity contribution in [3.63, 3.8) is 0 Å². The zero-order valence-electron chi connectivity index (χ0n) is 82.1. The van der Waals surface area contributed by atoms with Crippen molar-refractivity contribution in [2.45, 2.75) is 0 Å². The molecular formula is C132H94N16. The molecule has 0 aliphatic rings. The zero-order valence-corrected chi connectivity index (χ0v) is 80.1. The first-order valence-corrected chi connectivity index (χ1v) is 49.0. The van der Waals surface area contributed by atoms with Gasteiger partial charge in [-0.05, 0) is 219 Å². The monoisotopic (exact) mass is 1910 g/mol. The number of fused-ring (bicyclic) bond motifs is 6. The second-order valence-electron chi connectivity index (χ2n) is 35.8. The lowest BCUT2D eigenvalue weighted by molar-refractivity contribution is 1.07. The van der Waals surface area contributed by atoms with E-state index in [9.17, 15) is 0 Å². The topological polar surface area (TPSA) is 171 Å². The molecule has 0 spiro atoms. The molecule has 0 fully saturated rings. The summed E-state index contributed by atoms with van der Waals surface area (Å²) in [5.74, 6) is 3.58. The van der Waals surface area contributed by atoms with E-state index in [-0.39, 0.29) is 1.43 Å². The smallest absolute Gasteiger partial charge is 0.164 e. The number of hydrogen-bond acceptors (Lipinski definition) is 14.